The van der Waals surface area contributed by atoms with Crippen LogP contribution in [0.3, 0.4) is 0 Å². The van der Waals surface area contributed by atoms with Crippen molar-refractivity contribution in [1.82, 2.24) is 0 Å². The van der Waals surface area contributed by atoms with Crippen LogP contribution < -0.4 is 10.5 Å². The van der Waals surface area contributed by atoms with Crippen molar-refractivity contribution in [2.75, 3.05) is 6.61 Å². The van der Waals surface area contributed by atoms with E-state index in [4.69, 9.17) is 22.1 Å². The molecule has 2 N–H and O–H groups in total. The Kier molecular flexibility index (Phi) is 5.51. The number of nitrogens with two attached hydrogens (primary N) is 1. The van der Waals surface area contributed by atoms with Gasteiger partial charge in [-0.15, -0.1) is 0 Å². The van der Waals surface area contributed by atoms with Crippen LogP contribution in [0.25, 0.3) is 0 Å². The Bertz CT molecular complexity index is 302. The lowest BCUT2D eigenvalue weighted by molar-refractivity contribution is 0.306. The van der Waals surface area contributed by atoms with Gasteiger partial charge in [0.2, 0.25) is 0 Å². The largest absolute Gasteiger partial charge is 0.494 e. The SMILES string of the molecule is CCCCCOc1ccc(CN)c(Cl)c1. The third kappa shape index (κ3) is 4.10. The van der Waals surface area contributed by atoms with E-state index in [1.807, 2.05) is 18.2 Å². The van der Waals surface area contributed by atoms with E-state index in [2.05, 4.69) is 6.92 Å². The molecule has 2 nitrogen and oxygen atoms in total. The molecule has 0 aliphatic heterocycles. The number of ether oxygens (including phenoxy) is 1. The fourth-order valence-electron chi connectivity index (χ4n) is 1.33. The third-order valence-corrected chi connectivity index (χ3v) is 2.61. The standard InChI is InChI=1S/C12H18ClNO/c1-2-3-4-7-15-11-6-5-10(9-14)12(13)8-11/h5-6,8H,2-4,7,9,14H2,1H3. The summed E-state index contributed by atoms with van der Waals surface area (Å²) in [4.78, 5) is 0. The van der Waals surface area contributed by atoms with E-state index in [0.29, 0.717) is 11.6 Å². The fourth-order valence-corrected chi connectivity index (χ4v) is 1.57. The molecule has 84 valence electrons. The van der Waals surface area contributed by atoms with Crippen molar-refractivity contribution in [2.45, 2.75) is 32.7 Å². The summed E-state index contributed by atoms with van der Waals surface area (Å²) < 4.78 is 5.56. The van der Waals surface area contributed by atoms with Gasteiger partial charge in [-0.2, -0.15) is 0 Å². The van der Waals surface area contributed by atoms with Crippen molar-refractivity contribution in [1.29, 1.82) is 0 Å². The smallest absolute Gasteiger partial charge is 0.120 e. The Morgan fingerprint density at radius 1 is 1.33 bits per heavy atom. The van der Waals surface area contributed by atoms with E-state index in [1.54, 1.807) is 0 Å². The molecule has 1 aromatic rings. The van der Waals surface area contributed by atoms with E-state index < -0.39 is 0 Å². The molecule has 0 fully saturated rings. The molecular formula is C12H18ClNO. The topological polar surface area (TPSA) is 35.2 Å². The van der Waals surface area contributed by atoms with E-state index in [1.165, 1.54) is 12.8 Å². The first-order chi connectivity index (χ1) is 7.27. The van der Waals surface area contributed by atoms with Gasteiger partial charge in [0.1, 0.15) is 5.75 Å². The van der Waals surface area contributed by atoms with Gasteiger partial charge in [-0.3, -0.25) is 0 Å². The molecule has 0 atom stereocenters. The van der Waals surface area contributed by atoms with Crippen LogP contribution in [0.15, 0.2) is 18.2 Å². The lowest BCUT2D eigenvalue weighted by Gasteiger charge is -2.07. The van der Waals surface area contributed by atoms with Crippen molar-refractivity contribution in [3.8, 4) is 5.75 Å². The summed E-state index contributed by atoms with van der Waals surface area (Å²) in [5.74, 6) is 0.827. The van der Waals surface area contributed by atoms with E-state index in [9.17, 15) is 0 Å². The first-order valence-electron chi connectivity index (χ1n) is 5.39. The van der Waals surface area contributed by atoms with Gasteiger partial charge in [0.25, 0.3) is 0 Å². The van der Waals surface area contributed by atoms with Gasteiger partial charge in [0.05, 0.1) is 6.61 Å². The third-order valence-electron chi connectivity index (χ3n) is 2.26. The Morgan fingerprint density at radius 2 is 2.13 bits per heavy atom. The molecule has 1 rings (SSSR count). The molecule has 0 spiro atoms. The molecule has 0 saturated carbocycles. The summed E-state index contributed by atoms with van der Waals surface area (Å²) in [7, 11) is 0. The number of hydrogen-bond donors (Lipinski definition) is 1. The Labute approximate surface area is 96.4 Å². The second-order valence-corrected chi connectivity index (χ2v) is 3.92. The fraction of sp³-hybridized carbons (Fsp3) is 0.500. The summed E-state index contributed by atoms with van der Waals surface area (Å²) in [6.45, 7) is 3.40. The van der Waals surface area contributed by atoms with Gasteiger partial charge in [-0.1, -0.05) is 37.4 Å². The van der Waals surface area contributed by atoms with Crippen LogP contribution in [0.4, 0.5) is 0 Å². The second-order valence-electron chi connectivity index (χ2n) is 3.51. The molecule has 0 bridgehead atoms. The molecule has 0 unspecified atom stereocenters. The minimum atomic E-state index is 0.467. The van der Waals surface area contributed by atoms with Gasteiger partial charge in [0.15, 0.2) is 0 Å². The minimum Gasteiger partial charge on any atom is -0.494 e. The minimum absolute atomic E-state index is 0.467. The highest BCUT2D eigenvalue weighted by Gasteiger charge is 2.00. The van der Waals surface area contributed by atoms with Crippen molar-refractivity contribution < 1.29 is 4.74 Å². The van der Waals surface area contributed by atoms with Crippen LogP contribution in [-0.4, -0.2) is 6.61 Å². The number of benzene rings is 1. The number of halogens is 1. The lowest BCUT2D eigenvalue weighted by Crippen LogP contribution is -1.99. The molecule has 0 aromatic heterocycles. The highest BCUT2D eigenvalue weighted by atomic mass is 35.5. The van der Waals surface area contributed by atoms with Gasteiger partial charge >= 0.3 is 0 Å². The second kappa shape index (κ2) is 6.70. The van der Waals surface area contributed by atoms with Crippen molar-refractivity contribution in [3.63, 3.8) is 0 Å². The normalized spacial score (nSPS) is 10.3. The number of rotatable bonds is 6. The first-order valence-corrected chi connectivity index (χ1v) is 5.77. The predicted molar refractivity (Wildman–Crippen MR) is 64.4 cm³/mol. The molecule has 0 radical (unpaired) electrons. The zero-order chi connectivity index (χ0) is 11.1. The van der Waals surface area contributed by atoms with Crippen LogP contribution in [0, 0.1) is 0 Å². The van der Waals surface area contributed by atoms with E-state index in [-0.39, 0.29) is 0 Å². The van der Waals surface area contributed by atoms with Crippen molar-refractivity contribution >= 4 is 11.6 Å². The summed E-state index contributed by atoms with van der Waals surface area (Å²) in [6, 6.07) is 5.66. The molecule has 0 saturated heterocycles. The molecule has 0 aliphatic carbocycles. The molecule has 15 heavy (non-hydrogen) atoms. The monoisotopic (exact) mass is 227 g/mol. The Balaban J connectivity index is 2.45. The highest BCUT2D eigenvalue weighted by molar-refractivity contribution is 6.31. The maximum absolute atomic E-state index is 6.01. The summed E-state index contributed by atoms with van der Waals surface area (Å²) >= 11 is 6.01. The van der Waals surface area contributed by atoms with Crippen LogP contribution in [0.5, 0.6) is 5.75 Å². The maximum atomic E-state index is 6.01. The molecule has 3 heteroatoms. The van der Waals surface area contributed by atoms with Crippen molar-refractivity contribution in [2.24, 2.45) is 5.73 Å². The molecule has 0 heterocycles. The average molecular weight is 228 g/mol. The van der Waals surface area contributed by atoms with Crippen LogP contribution in [0.1, 0.15) is 31.7 Å². The molecule has 0 aliphatic rings. The summed E-state index contributed by atoms with van der Waals surface area (Å²) in [6.07, 6.45) is 3.50. The van der Waals surface area contributed by atoms with E-state index >= 15 is 0 Å². The quantitative estimate of drug-likeness (QED) is 0.757. The molecular weight excluding hydrogens is 210 g/mol. The van der Waals surface area contributed by atoms with Crippen LogP contribution in [0.2, 0.25) is 5.02 Å². The maximum Gasteiger partial charge on any atom is 0.120 e. The van der Waals surface area contributed by atoms with Gasteiger partial charge in [0, 0.05) is 11.6 Å². The van der Waals surface area contributed by atoms with Gasteiger partial charge < -0.3 is 10.5 Å². The number of hydrogen-bond acceptors (Lipinski definition) is 2. The van der Waals surface area contributed by atoms with E-state index in [0.717, 1.165) is 24.3 Å². The predicted octanol–water partition coefficient (Wildman–Crippen LogP) is 3.37. The first kappa shape index (κ1) is 12.3. The zero-order valence-electron chi connectivity index (χ0n) is 9.13. The summed E-state index contributed by atoms with van der Waals surface area (Å²) in [5, 5.41) is 0.686. The summed E-state index contributed by atoms with van der Waals surface area (Å²) in [5.41, 5.74) is 6.47. The Hall–Kier alpha value is -0.730. The number of unbranched alkanes of at least 4 members (excludes halogenated alkanes) is 2. The molecule has 1 aromatic carbocycles. The lowest BCUT2D eigenvalue weighted by atomic mass is 10.2. The average Bonchev–Trinajstić information content (AvgIpc) is 2.25. The highest BCUT2D eigenvalue weighted by Crippen LogP contribution is 2.22. The van der Waals surface area contributed by atoms with Crippen molar-refractivity contribution in [3.05, 3.63) is 28.8 Å². The zero-order valence-corrected chi connectivity index (χ0v) is 9.89. The molecule has 0 amide bonds. The van der Waals surface area contributed by atoms with Gasteiger partial charge in [-0.25, -0.2) is 0 Å². The van der Waals surface area contributed by atoms with Crippen LogP contribution >= 0.6 is 11.6 Å². The van der Waals surface area contributed by atoms with Crippen LogP contribution in [-0.2, 0) is 6.54 Å². The van der Waals surface area contributed by atoms with Gasteiger partial charge in [-0.05, 0) is 24.1 Å². The Morgan fingerprint density at radius 3 is 2.73 bits per heavy atom.